The Bertz CT molecular complexity index is 1280. The number of likely N-dealkylation sites (tertiary alicyclic amines) is 1. The Morgan fingerprint density at radius 1 is 1.26 bits per heavy atom. The Labute approximate surface area is 196 Å². The van der Waals surface area contributed by atoms with Crippen molar-refractivity contribution >= 4 is 35.0 Å². The molecule has 1 aliphatic heterocycles. The van der Waals surface area contributed by atoms with Crippen LogP contribution in [0.1, 0.15) is 34.8 Å². The second-order valence-electron chi connectivity index (χ2n) is 7.75. The van der Waals surface area contributed by atoms with E-state index in [9.17, 15) is 9.59 Å². The molecule has 172 valence electrons. The number of aromatic nitrogens is 4. The van der Waals surface area contributed by atoms with Crippen LogP contribution in [0.15, 0.2) is 55.5 Å². The van der Waals surface area contributed by atoms with Crippen molar-refractivity contribution in [2.45, 2.75) is 18.9 Å². The molecule has 0 bridgehead atoms. The zero-order valence-electron chi connectivity index (χ0n) is 18.4. The van der Waals surface area contributed by atoms with Crippen molar-refractivity contribution in [2.24, 2.45) is 5.73 Å². The van der Waals surface area contributed by atoms with Crippen LogP contribution in [-0.4, -0.2) is 49.6 Å². The maximum Gasteiger partial charge on any atom is 0.254 e. The number of nitrogens with two attached hydrogens (primary N) is 1. The highest BCUT2D eigenvalue weighted by Crippen LogP contribution is 2.25. The number of piperidine rings is 1. The van der Waals surface area contributed by atoms with Crippen molar-refractivity contribution < 1.29 is 9.59 Å². The third kappa shape index (κ3) is 4.88. The second-order valence-corrected chi connectivity index (χ2v) is 7.75. The minimum Gasteiger partial charge on any atom is -0.365 e. The molecule has 0 unspecified atom stereocenters. The van der Waals surface area contributed by atoms with E-state index in [0.29, 0.717) is 30.0 Å². The van der Waals surface area contributed by atoms with Gasteiger partial charge in [-0.1, -0.05) is 24.6 Å². The molecular weight excluding hydrogens is 432 g/mol. The molecule has 0 aliphatic carbocycles. The fraction of sp³-hybridized carbons (Fsp3) is 0.208. The molecule has 1 fully saturated rings. The first-order valence-electron chi connectivity index (χ1n) is 10.7. The van der Waals surface area contributed by atoms with E-state index < -0.39 is 5.91 Å². The summed E-state index contributed by atoms with van der Waals surface area (Å²) in [5.74, 6) is 2.31. The molecule has 1 aliphatic rings. The summed E-state index contributed by atoms with van der Waals surface area (Å²) in [6, 6.07) is 7.25. The summed E-state index contributed by atoms with van der Waals surface area (Å²) >= 11 is 0. The Kier molecular flexibility index (Phi) is 6.54. The predicted octanol–water partition coefficient (Wildman–Crippen LogP) is 2.59. The molecule has 4 rings (SSSR count). The number of primary amides is 1. The Morgan fingerprint density at radius 2 is 2.09 bits per heavy atom. The van der Waals surface area contributed by atoms with Gasteiger partial charge in [-0.15, -0.1) is 6.42 Å². The van der Waals surface area contributed by atoms with Gasteiger partial charge in [-0.25, -0.2) is 4.98 Å². The van der Waals surface area contributed by atoms with Gasteiger partial charge >= 0.3 is 0 Å². The van der Waals surface area contributed by atoms with Gasteiger partial charge in [0.15, 0.2) is 0 Å². The number of terminal acetylenes is 1. The average Bonchev–Trinajstić information content (AvgIpc) is 3.32. The van der Waals surface area contributed by atoms with Crippen molar-refractivity contribution in [2.75, 3.05) is 23.7 Å². The minimum absolute atomic E-state index is 0.0591. The van der Waals surface area contributed by atoms with Crippen molar-refractivity contribution in [1.82, 2.24) is 24.6 Å². The molecule has 1 atom stereocenters. The van der Waals surface area contributed by atoms with Crippen LogP contribution >= 0.6 is 0 Å². The standard InChI is InChI=1S/C24H24N8O2/c1-3-16-8-5-6-10-20(16)29-23-19(22(25)34)13-26-24(30-23)28-17-12-27-32(14-17)18-9-7-11-31(15-18)21(33)4-2/h1,4-6,8,10,12-14,18H,2,7,9,11,15H2,(H2,25,34)(H2,26,28,29,30)/t18-/m1/s1. The largest absolute Gasteiger partial charge is 0.365 e. The zero-order valence-corrected chi connectivity index (χ0v) is 18.4. The van der Waals surface area contributed by atoms with E-state index in [0.717, 1.165) is 12.8 Å². The molecule has 3 heterocycles. The van der Waals surface area contributed by atoms with Gasteiger partial charge in [-0.3, -0.25) is 14.3 Å². The van der Waals surface area contributed by atoms with Crippen molar-refractivity contribution in [3.63, 3.8) is 0 Å². The summed E-state index contributed by atoms with van der Waals surface area (Å²) in [5, 5.41) is 10.6. The van der Waals surface area contributed by atoms with Crippen molar-refractivity contribution in [3.8, 4) is 12.3 Å². The van der Waals surface area contributed by atoms with Gasteiger partial charge in [0, 0.05) is 31.0 Å². The van der Waals surface area contributed by atoms with E-state index in [1.807, 2.05) is 23.0 Å². The normalized spacial score (nSPS) is 15.3. The van der Waals surface area contributed by atoms with Gasteiger partial charge in [0.25, 0.3) is 5.91 Å². The molecule has 3 aromatic rings. The van der Waals surface area contributed by atoms with Gasteiger partial charge in [-0.05, 0) is 31.1 Å². The third-order valence-corrected chi connectivity index (χ3v) is 5.50. The fourth-order valence-electron chi connectivity index (χ4n) is 3.79. The Balaban J connectivity index is 1.53. The molecule has 2 amide bonds. The van der Waals surface area contributed by atoms with Crippen LogP contribution in [-0.2, 0) is 4.79 Å². The van der Waals surface area contributed by atoms with Crippen LogP contribution in [0.5, 0.6) is 0 Å². The summed E-state index contributed by atoms with van der Waals surface area (Å²) < 4.78 is 1.82. The second kappa shape index (κ2) is 9.87. The van der Waals surface area contributed by atoms with Gasteiger partial charge in [0.05, 0.1) is 23.6 Å². The number of hydrogen-bond acceptors (Lipinski definition) is 7. The van der Waals surface area contributed by atoms with Crippen LogP contribution in [0.2, 0.25) is 0 Å². The molecule has 0 saturated carbocycles. The first-order valence-corrected chi connectivity index (χ1v) is 10.7. The number of hydrogen-bond donors (Lipinski definition) is 3. The van der Waals surface area contributed by atoms with Crippen molar-refractivity contribution in [1.29, 1.82) is 0 Å². The van der Waals surface area contributed by atoms with Crippen LogP contribution in [0.25, 0.3) is 0 Å². The van der Waals surface area contributed by atoms with E-state index in [1.165, 1.54) is 12.3 Å². The van der Waals surface area contributed by atoms with E-state index in [4.69, 9.17) is 12.2 Å². The molecule has 0 radical (unpaired) electrons. The summed E-state index contributed by atoms with van der Waals surface area (Å²) in [6.45, 7) is 4.85. The molecule has 10 heteroatoms. The summed E-state index contributed by atoms with van der Waals surface area (Å²) in [7, 11) is 0. The quantitative estimate of drug-likeness (QED) is 0.368. The lowest BCUT2D eigenvalue weighted by Crippen LogP contribution is -2.39. The number of anilines is 4. The first-order chi connectivity index (χ1) is 16.5. The molecule has 2 aromatic heterocycles. The number of carbonyl (C=O) groups excluding carboxylic acids is 2. The lowest BCUT2D eigenvalue weighted by Gasteiger charge is -2.32. The van der Waals surface area contributed by atoms with Crippen LogP contribution in [0.3, 0.4) is 0 Å². The molecule has 0 spiro atoms. The molecule has 10 nitrogen and oxygen atoms in total. The molecular formula is C24H24N8O2. The van der Waals surface area contributed by atoms with Gasteiger partial charge in [0.2, 0.25) is 11.9 Å². The lowest BCUT2D eigenvalue weighted by molar-refractivity contribution is -0.127. The highest BCUT2D eigenvalue weighted by Gasteiger charge is 2.24. The highest BCUT2D eigenvalue weighted by molar-refractivity contribution is 5.98. The molecule has 1 saturated heterocycles. The lowest BCUT2D eigenvalue weighted by atomic mass is 10.1. The summed E-state index contributed by atoms with van der Waals surface area (Å²) in [4.78, 5) is 34.3. The fourth-order valence-corrected chi connectivity index (χ4v) is 3.79. The number of nitrogens with zero attached hydrogens (tertiary/aromatic N) is 5. The maximum atomic E-state index is 12.0. The minimum atomic E-state index is -0.670. The average molecular weight is 457 g/mol. The van der Waals surface area contributed by atoms with Crippen LogP contribution in [0.4, 0.5) is 23.1 Å². The number of carbonyl (C=O) groups is 2. The van der Waals surface area contributed by atoms with Gasteiger partial charge in [-0.2, -0.15) is 10.1 Å². The molecule has 1 aromatic carbocycles. The van der Waals surface area contributed by atoms with E-state index in [1.54, 1.807) is 23.2 Å². The summed E-state index contributed by atoms with van der Waals surface area (Å²) in [5.41, 5.74) is 7.52. The van der Waals surface area contributed by atoms with E-state index in [-0.39, 0.29) is 29.3 Å². The zero-order chi connectivity index (χ0) is 24.1. The monoisotopic (exact) mass is 456 g/mol. The number of rotatable bonds is 7. The van der Waals surface area contributed by atoms with Crippen LogP contribution < -0.4 is 16.4 Å². The SMILES string of the molecule is C#Cc1ccccc1Nc1nc(Nc2cnn([C@@H]3CCCN(C(=O)C=C)C3)c2)ncc1C(N)=O. The first kappa shape index (κ1) is 22.5. The highest BCUT2D eigenvalue weighted by atomic mass is 16.2. The van der Waals surface area contributed by atoms with E-state index in [2.05, 4.69) is 38.2 Å². The predicted molar refractivity (Wildman–Crippen MR) is 129 cm³/mol. The maximum absolute atomic E-state index is 12.0. The van der Waals surface area contributed by atoms with Gasteiger partial charge in [0.1, 0.15) is 11.4 Å². The van der Waals surface area contributed by atoms with Gasteiger partial charge < -0.3 is 21.3 Å². The number of para-hydroxylation sites is 1. The topological polar surface area (TPSA) is 131 Å². The molecule has 4 N–H and O–H groups in total. The van der Waals surface area contributed by atoms with E-state index >= 15 is 0 Å². The Morgan fingerprint density at radius 3 is 2.85 bits per heavy atom. The third-order valence-electron chi connectivity index (χ3n) is 5.50. The number of nitrogens with one attached hydrogen (secondary N) is 2. The number of benzene rings is 1. The van der Waals surface area contributed by atoms with Crippen molar-refractivity contribution in [3.05, 3.63) is 66.6 Å². The molecule has 34 heavy (non-hydrogen) atoms. The van der Waals surface area contributed by atoms with Crippen LogP contribution in [0, 0.1) is 12.3 Å². The number of amides is 2. The summed E-state index contributed by atoms with van der Waals surface area (Å²) in [6.07, 6.45) is 13.5. The Hall–Kier alpha value is -4.65. The smallest absolute Gasteiger partial charge is 0.254 e.